The second-order valence-electron chi connectivity index (χ2n) is 15.8. The quantitative estimate of drug-likeness (QED) is 0.143. The van der Waals surface area contributed by atoms with Crippen LogP contribution in [0, 0.1) is 27.7 Å². The molecule has 10 aromatic carbocycles. The number of anilines is 6. The van der Waals surface area contributed by atoms with Crippen molar-refractivity contribution in [2.24, 2.45) is 0 Å². The van der Waals surface area contributed by atoms with Gasteiger partial charge in [0.1, 0.15) is 0 Å². The van der Waals surface area contributed by atoms with Gasteiger partial charge in [-0.1, -0.05) is 121 Å². The van der Waals surface area contributed by atoms with Crippen molar-refractivity contribution in [3.8, 4) is 22.3 Å². The molecule has 0 aliphatic carbocycles. The van der Waals surface area contributed by atoms with Gasteiger partial charge in [0.25, 0.3) is 0 Å². The highest BCUT2D eigenvalue weighted by molar-refractivity contribution is 6.27. The van der Waals surface area contributed by atoms with Crippen molar-refractivity contribution >= 4 is 66.4 Å². The number of benzene rings is 10. The Labute approximate surface area is 341 Å². The van der Waals surface area contributed by atoms with Gasteiger partial charge < -0.3 is 9.80 Å². The van der Waals surface area contributed by atoms with Gasteiger partial charge in [-0.25, -0.2) is 0 Å². The fraction of sp³-hybridized carbons (Fsp3) is 0.0714. The molecule has 0 unspecified atom stereocenters. The zero-order valence-corrected chi connectivity index (χ0v) is 33.4. The minimum Gasteiger partial charge on any atom is -0.310 e. The maximum absolute atomic E-state index is 2.35. The molecule has 2 nitrogen and oxygen atoms in total. The molecule has 278 valence electrons. The van der Waals surface area contributed by atoms with Crippen LogP contribution in [-0.4, -0.2) is 0 Å². The number of hydrogen-bond acceptors (Lipinski definition) is 2. The van der Waals surface area contributed by atoms with E-state index in [-0.39, 0.29) is 0 Å². The van der Waals surface area contributed by atoms with E-state index < -0.39 is 0 Å². The molecule has 0 aliphatic rings. The molecule has 0 bridgehead atoms. The maximum Gasteiger partial charge on any atom is 0.0464 e. The Bertz CT molecular complexity index is 2800. The summed E-state index contributed by atoms with van der Waals surface area (Å²) in [7, 11) is 0. The molecule has 0 saturated carbocycles. The van der Waals surface area contributed by atoms with Gasteiger partial charge in [0, 0.05) is 34.1 Å². The van der Waals surface area contributed by atoms with E-state index in [1.165, 1.54) is 76.8 Å². The number of aryl methyl sites for hydroxylation is 4. The summed E-state index contributed by atoms with van der Waals surface area (Å²) in [5, 5.41) is 7.72. The van der Waals surface area contributed by atoms with Crippen molar-refractivity contribution in [1.82, 2.24) is 0 Å². The fourth-order valence-electron chi connectivity index (χ4n) is 8.85. The lowest BCUT2D eigenvalue weighted by atomic mass is 9.87. The third-order valence-electron chi connectivity index (χ3n) is 11.6. The van der Waals surface area contributed by atoms with Crippen LogP contribution in [0.4, 0.5) is 34.1 Å². The summed E-state index contributed by atoms with van der Waals surface area (Å²) < 4.78 is 0. The van der Waals surface area contributed by atoms with Gasteiger partial charge in [0.2, 0.25) is 0 Å². The van der Waals surface area contributed by atoms with Crippen molar-refractivity contribution in [2.45, 2.75) is 27.7 Å². The molecule has 0 radical (unpaired) electrons. The monoisotopic (exact) mass is 744 g/mol. The van der Waals surface area contributed by atoms with E-state index in [2.05, 4.69) is 232 Å². The summed E-state index contributed by atoms with van der Waals surface area (Å²) in [4.78, 5) is 4.70. The zero-order chi connectivity index (χ0) is 39.3. The highest BCUT2D eigenvalue weighted by Crippen LogP contribution is 2.44. The predicted molar refractivity (Wildman–Crippen MR) is 249 cm³/mol. The summed E-state index contributed by atoms with van der Waals surface area (Å²) in [5.74, 6) is 0. The molecule has 0 aromatic heterocycles. The smallest absolute Gasteiger partial charge is 0.0464 e. The first-order chi connectivity index (χ1) is 28.4. The van der Waals surface area contributed by atoms with Gasteiger partial charge in [-0.3, -0.25) is 0 Å². The van der Waals surface area contributed by atoms with E-state index in [9.17, 15) is 0 Å². The molecule has 0 N–H and O–H groups in total. The molecule has 0 atom stereocenters. The first-order valence-corrected chi connectivity index (χ1v) is 20.2. The second-order valence-corrected chi connectivity index (χ2v) is 15.8. The SMILES string of the molecule is Cc1cccc(N(c2ccc(-c3ccc4ccc5c(-c6ccc(N(c7cccc(C)c7)c7cccc(C)c7)cc6)ccc6ccc3c4c65)cc2)c2cccc(C)c2)c1. The Hall–Kier alpha value is -7.16. The molecule has 10 rings (SSSR count). The first-order valence-electron chi connectivity index (χ1n) is 20.2. The van der Waals surface area contributed by atoms with Crippen LogP contribution in [0.3, 0.4) is 0 Å². The number of nitrogens with zero attached hydrogens (tertiary/aromatic N) is 2. The molecular formula is C56H44N2. The van der Waals surface area contributed by atoms with E-state index >= 15 is 0 Å². The van der Waals surface area contributed by atoms with Gasteiger partial charge in [0.15, 0.2) is 0 Å². The fourth-order valence-corrected chi connectivity index (χ4v) is 8.85. The molecular weight excluding hydrogens is 701 g/mol. The minimum atomic E-state index is 1.13. The molecule has 2 heteroatoms. The first kappa shape index (κ1) is 35.3. The Balaban J connectivity index is 1.05. The van der Waals surface area contributed by atoms with Crippen LogP contribution in [0.15, 0.2) is 194 Å². The second kappa shape index (κ2) is 14.4. The summed E-state index contributed by atoms with van der Waals surface area (Å²) in [5.41, 5.74) is 16.7. The van der Waals surface area contributed by atoms with Crippen LogP contribution in [0.25, 0.3) is 54.6 Å². The molecule has 0 amide bonds. The van der Waals surface area contributed by atoms with Crippen molar-refractivity contribution in [3.63, 3.8) is 0 Å². The van der Waals surface area contributed by atoms with E-state index in [0.29, 0.717) is 0 Å². The summed E-state index contributed by atoms with van der Waals surface area (Å²) in [6, 6.07) is 71.6. The third-order valence-corrected chi connectivity index (χ3v) is 11.6. The van der Waals surface area contributed by atoms with Crippen molar-refractivity contribution < 1.29 is 0 Å². The van der Waals surface area contributed by atoms with Crippen LogP contribution < -0.4 is 9.80 Å². The zero-order valence-electron chi connectivity index (χ0n) is 33.4. The summed E-state index contributed by atoms with van der Waals surface area (Å²) in [6.45, 7) is 8.62. The third kappa shape index (κ3) is 6.33. The van der Waals surface area contributed by atoms with Gasteiger partial charge in [0.05, 0.1) is 0 Å². The van der Waals surface area contributed by atoms with E-state index in [1.54, 1.807) is 0 Å². The van der Waals surface area contributed by atoms with Crippen LogP contribution in [-0.2, 0) is 0 Å². The van der Waals surface area contributed by atoms with Gasteiger partial charge >= 0.3 is 0 Å². The number of hydrogen-bond donors (Lipinski definition) is 0. The molecule has 0 heterocycles. The topological polar surface area (TPSA) is 6.48 Å². The Morgan fingerprint density at radius 1 is 0.276 bits per heavy atom. The summed E-state index contributed by atoms with van der Waals surface area (Å²) >= 11 is 0. The highest BCUT2D eigenvalue weighted by Gasteiger charge is 2.18. The van der Waals surface area contributed by atoms with Gasteiger partial charge in [-0.15, -0.1) is 0 Å². The van der Waals surface area contributed by atoms with Crippen LogP contribution in [0.5, 0.6) is 0 Å². The molecule has 0 spiro atoms. The predicted octanol–water partition coefficient (Wildman–Crippen LogP) is 16.1. The lowest BCUT2D eigenvalue weighted by molar-refractivity contribution is 1.26. The Morgan fingerprint density at radius 3 is 0.897 bits per heavy atom. The van der Waals surface area contributed by atoms with Crippen LogP contribution >= 0.6 is 0 Å². The minimum absolute atomic E-state index is 1.13. The largest absolute Gasteiger partial charge is 0.310 e. The molecule has 10 aromatic rings. The number of rotatable bonds is 8. The lowest BCUT2D eigenvalue weighted by Gasteiger charge is -2.26. The van der Waals surface area contributed by atoms with Crippen molar-refractivity contribution in [2.75, 3.05) is 9.80 Å². The van der Waals surface area contributed by atoms with E-state index in [0.717, 1.165) is 34.1 Å². The molecule has 0 saturated heterocycles. The normalized spacial score (nSPS) is 11.4. The lowest BCUT2D eigenvalue weighted by Crippen LogP contribution is -2.10. The molecule has 0 fully saturated rings. The van der Waals surface area contributed by atoms with Crippen molar-refractivity contribution in [3.05, 3.63) is 216 Å². The molecule has 58 heavy (non-hydrogen) atoms. The van der Waals surface area contributed by atoms with Gasteiger partial charge in [-0.05, 0) is 177 Å². The Kier molecular flexibility index (Phi) is 8.76. The van der Waals surface area contributed by atoms with Crippen LogP contribution in [0.2, 0.25) is 0 Å². The average Bonchev–Trinajstić information content (AvgIpc) is 3.24. The van der Waals surface area contributed by atoms with Crippen molar-refractivity contribution in [1.29, 1.82) is 0 Å². The van der Waals surface area contributed by atoms with E-state index in [4.69, 9.17) is 0 Å². The summed E-state index contributed by atoms with van der Waals surface area (Å²) in [6.07, 6.45) is 0. The maximum atomic E-state index is 2.35. The Morgan fingerprint density at radius 2 is 0.586 bits per heavy atom. The highest BCUT2D eigenvalue weighted by atomic mass is 15.1. The standard InChI is InChI=1S/C56H44N2/c1-37-9-5-13-47(33-37)57(48-14-6-10-38(2)34-48)45-25-17-41(18-26-45)51-29-21-43-24-32-54-52(30-22-44-23-31-53(51)55(43)56(44)54)42-19-27-46(28-20-42)58(49-15-7-11-39(3)35-49)50-16-8-12-40(4)36-50/h5-36H,1-4H3. The molecule has 0 aliphatic heterocycles. The van der Waals surface area contributed by atoms with E-state index in [1.807, 2.05) is 0 Å². The average molecular weight is 745 g/mol. The van der Waals surface area contributed by atoms with Gasteiger partial charge in [-0.2, -0.15) is 0 Å². The van der Waals surface area contributed by atoms with Crippen LogP contribution in [0.1, 0.15) is 22.3 Å².